The van der Waals surface area contributed by atoms with Crippen molar-refractivity contribution in [2.75, 3.05) is 13.2 Å². The van der Waals surface area contributed by atoms with Crippen LogP contribution >= 0.6 is 11.6 Å². The Kier molecular flexibility index (Phi) is 6.87. The van der Waals surface area contributed by atoms with Gasteiger partial charge in [-0.05, 0) is 86.9 Å². The summed E-state index contributed by atoms with van der Waals surface area (Å²) in [6, 6.07) is 7.13. The van der Waals surface area contributed by atoms with Crippen molar-refractivity contribution in [1.29, 1.82) is 0 Å². The third-order valence-corrected chi connectivity index (χ3v) is 10.1. The summed E-state index contributed by atoms with van der Waals surface area (Å²) in [4.78, 5) is 15.6. The van der Waals surface area contributed by atoms with Gasteiger partial charge in [-0.25, -0.2) is 17.2 Å². The highest BCUT2D eigenvalue weighted by atomic mass is 35.5. The van der Waals surface area contributed by atoms with Crippen LogP contribution in [0.5, 0.6) is 0 Å². The summed E-state index contributed by atoms with van der Waals surface area (Å²) in [6.45, 7) is 0.394. The Labute approximate surface area is 214 Å². The molecule has 1 amide bonds. The Hall–Kier alpha value is -2.07. The van der Waals surface area contributed by atoms with Crippen LogP contribution in [0.25, 0.3) is 0 Å². The van der Waals surface area contributed by atoms with Crippen molar-refractivity contribution < 1.29 is 27.1 Å². The van der Waals surface area contributed by atoms with E-state index >= 15 is 0 Å². The van der Waals surface area contributed by atoms with Gasteiger partial charge in [0.1, 0.15) is 11.6 Å². The van der Waals surface area contributed by atoms with Crippen LogP contribution in [-0.2, 0) is 14.8 Å². The third-order valence-electron chi connectivity index (χ3n) is 7.93. The topological polar surface area (TPSA) is 77.9 Å². The first-order valence-corrected chi connectivity index (χ1v) is 14.2. The summed E-state index contributed by atoms with van der Waals surface area (Å²) in [7, 11) is -4.16. The first kappa shape index (κ1) is 25.6. The molecule has 0 bridgehead atoms. The van der Waals surface area contributed by atoms with Crippen LogP contribution in [0, 0.1) is 17.0 Å². The number of aliphatic hydroxyl groups is 1. The number of hydrogen-bond acceptors (Lipinski definition) is 4. The molecule has 2 aromatic carbocycles. The van der Waals surface area contributed by atoms with Gasteiger partial charge in [-0.15, -0.1) is 0 Å². The quantitative estimate of drug-likeness (QED) is 0.580. The first-order valence-electron chi connectivity index (χ1n) is 12.3. The monoisotopic (exact) mass is 538 g/mol. The fourth-order valence-corrected chi connectivity index (χ4v) is 8.10. The molecule has 6 nitrogen and oxygen atoms in total. The molecule has 0 unspecified atom stereocenters. The molecule has 1 aliphatic carbocycles. The molecule has 2 aromatic rings. The molecule has 2 heterocycles. The maximum atomic E-state index is 14.2. The molecule has 3 fully saturated rings. The first-order chi connectivity index (χ1) is 17.2. The molecule has 0 radical (unpaired) electrons. The number of rotatable bonds is 6. The number of sulfonamides is 1. The third kappa shape index (κ3) is 4.44. The summed E-state index contributed by atoms with van der Waals surface area (Å²) >= 11 is 6.00. The number of halogens is 3. The highest BCUT2D eigenvalue weighted by Crippen LogP contribution is 2.58. The van der Waals surface area contributed by atoms with Gasteiger partial charge in [-0.2, -0.15) is 4.31 Å². The number of carbonyl (C=O) groups is 1. The van der Waals surface area contributed by atoms with E-state index in [0.29, 0.717) is 50.1 Å². The van der Waals surface area contributed by atoms with Crippen LogP contribution in [0.1, 0.15) is 56.6 Å². The van der Waals surface area contributed by atoms with Crippen LogP contribution in [0.3, 0.4) is 0 Å². The molecule has 194 valence electrons. The van der Waals surface area contributed by atoms with Crippen molar-refractivity contribution in [1.82, 2.24) is 9.21 Å². The number of amides is 1. The van der Waals surface area contributed by atoms with E-state index in [2.05, 4.69) is 0 Å². The normalized spacial score (nSPS) is 26.2. The standard InChI is InChI=1S/C26H29ClF2N2O4S/c27-18-6-8-22(9-7-18)36(34,35)31-23(17-13-19(28)15-20(29)14-17)4-1-5-24(31)26(10-11-26)25(33)30-12-2-3-21(30)16-32/h6-9,13-15,21,23-24,32H,1-5,10-12,16H2/t21-,23-,24+/m0/s1. The molecule has 3 aliphatic rings. The Morgan fingerprint density at radius 3 is 2.31 bits per heavy atom. The van der Waals surface area contributed by atoms with Crippen LogP contribution in [0.4, 0.5) is 8.78 Å². The van der Waals surface area contributed by atoms with Crippen LogP contribution in [-0.4, -0.2) is 53.9 Å². The second-order valence-corrected chi connectivity index (χ2v) is 12.4. The number of nitrogens with zero attached hydrogens (tertiary/aromatic N) is 2. The molecule has 1 saturated carbocycles. The zero-order chi connectivity index (χ0) is 25.7. The predicted octanol–water partition coefficient (Wildman–Crippen LogP) is 4.67. The zero-order valence-corrected chi connectivity index (χ0v) is 21.3. The maximum Gasteiger partial charge on any atom is 0.243 e. The second kappa shape index (κ2) is 9.67. The van der Waals surface area contributed by atoms with Gasteiger partial charge in [-0.3, -0.25) is 4.79 Å². The van der Waals surface area contributed by atoms with Gasteiger partial charge in [0.05, 0.1) is 29.0 Å². The molecule has 0 spiro atoms. The van der Waals surface area contributed by atoms with E-state index in [1.807, 2.05) is 0 Å². The van der Waals surface area contributed by atoms with Gasteiger partial charge in [0, 0.05) is 23.7 Å². The van der Waals surface area contributed by atoms with E-state index in [4.69, 9.17) is 11.6 Å². The fourth-order valence-electron chi connectivity index (χ4n) is 6.04. The minimum absolute atomic E-state index is 0.0123. The van der Waals surface area contributed by atoms with Crippen molar-refractivity contribution in [2.24, 2.45) is 5.41 Å². The SMILES string of the molecule is O=C(N1CCC[C@H]1CO)C1([C@H]2CCC[C@@H](c3cc(F)cc(F)c3)N2S(=O)(=O)c2ccc(Cl)cc2)CC1. The Morgan fingerprint density at radius 2 is 1.69 bits per heavy atom. The lowest BCUT2D eigenvalue weighted by atomic mass is 9.84. The second-order valence-electron chi connectivity index (χ2n) is 10.1. The van der Waals surface area contributed by atoms with Gasteiger partial charge in [0.15, 0.2) is 0 Å². The largest absolute Gasteiger partial charge is 0.394 e. The molecule has 3 atom stereocenters. The van der Waals surface area contributed by atoms with Gasteiger partial charge in [0.25, 0.3) is 0 Å². The average molecular weight is 539 g/mol. The molecule has 2 aliphatic heterocycles. The molecule has 36 heavy (non-hydrogen) atoms. The number of piperidine rings is 1. The summed E-state index contributed by atoms with van der Waals surface area (Å²) < 4.78 is 58.0. The van der Waals surface area contributed by atoms with E-state index in [-0.39, 0.29) is 29.0 Å². The summed E-state index contributed by atoms with van der Waals surface area (Å²) in [5, 5.41) is 10.2. The van der Waals surface area contributed by atoms with Gasteiger partial charge in [0.2, 0.25) is 15.9 Å². The lowest BCUT2D eigenvalue weighted by Crippen LogP contribution is -2.55. The van der Waals surface area contributed by atoms with E-state index in [1.165, 1.54) is 40.7 Å². The Bertz CT molecular complexity index is 1230. The van der Waals surface area contributed by atoms with Crippen molar-refractivity contribution in [2.45, 2.75) is 68.0 Å². The smallest absolute Gasteiger partial charge is 0.243 e. The minimum atomic E-state index is -4.16. The number of hydrogen-bond donors (Lipinski definition) is 1. The molecule has 10 heteroatoms. The number of aliphatic hydroxyl groups excluding tert-OH is 1. The lowest BCUT2D eigenvalue weighted by molar-refractivity contribution is -0.141. The predicted molar refractivity (Wildman–Crippen MR) is 131 cm³/mol. The Morgan fingerprint density at radius 1 is 1.03 bits per heavy atom. The summed E-state index contributed by atoms with van der Waals surface area (Å²) in [6.07, 6.45) is 4.00. The Balaban J connectivity index is 1.60. The number of carbonyl (C=O) groups excluding carboxylic acids is 1. The number of benzene rings is 2. The zero-order valence-electron chi connectivity index (χ0n) is 19.7. The average Bonchev–Trinajstić information content (AvgIpc) is 3.52. The van der Waals surface area contributed by atoms with Crippen molar-refractivity contribution >= 4 is 27.5 Å². The lowest BCUT2D eigenvalue weighted by Gasteiger charge is -2.45. The molecule has 1 N–H and O–H groups in total. The van der Waals surface area contributed by atoms with Crippen molar-refractivity contribution in [3.8, 4) is 0 Å². The van der Waals surface area contributed by atoms with Crippen LogP contribution in [0.2, 0.25) is 5.02 Å². The highest BCUT2D eigenvalue weighted by Gasteiger charge is 2.62. The molecular formula is C26H29ClF2N2O4S. The molecule has 2 saturated heterocycles. The van der Waals surface area contributed by atoms with Gasteiger partial charge >= 0.3 is 0 Å². The molecular weight excluding hydrogens is 510 g/mol. The van der Waals surface area contributed by atoms with Crippen molar-refractivity contribution in [3.05, 3.63) is 64.7 Å². The van der Waals surface area contributed by atoms with E-state index in [0.717, 1.165) is 12.5 Å². The van der Waals surface area contributed by atoms with Crippen LogP contribution in [0.15, 0.2) is 47.4 Å². The highest BCUT2D eigenvalue weighted by molar-refractivity contribution is 7.89. The van der Waals surface area contributed by atoms with Crippen molar-refractivity contribution in [3.63, 3.8) is 0 Å². The van der Waals surface area contributed by atoms with Crippen LogP contribution < -0.4 is 0 Å². The van der Waals surface area contributed by atoms with Gasteiger partial charge in [-0.1, -0.05) is 11.6 Å². The van der Waals surface area contributed by atoms with E-state index in [9.17, 15) is 27.1 Å². The fraction of sp³-hybridized carbons (Fsp3) is 0.500. The summed E-state index contributed by atoms with van der Waals surface area (Å²) in [5.74, 6) is -1.70. The van der Waals surface area contributed by atoms with E-state index in [1.54, 1.807) is 4.90 Å². The minimum Gasteiger partial charge on any atom is -0.394 e. The number of likely N-dealkylation sites (tertiary alicyclic amines) is 1. The van der Waals surface area contributed by atoms with Gasteiger partial charge < -0.3 is 10.0 Å². The summed E-state index contributed by atoms with van der Waals surface area (Å²) in [5.41, 5.74) is -0.686. The van der Waals surface area contributed by atoms with E-state index < -0.39 is 39.2 Å². The molecule has 5 rings (SSSR count). The maximum absolute atomic E-state index is 14.2. The molecule has 0 aromatic heterocycles.